The SMILES string of the molecule is CC1CCc2ccccc2N1C(=O)C1CC(=O)N(C2CCCC2)C1. The zero-order valence-electron chi connectivity index (χ0n) is 14.4. The van der Waals surface area contributed by atoms with Gasteiger partial charge in [0.15, 0.2) is 0 Å². The summed E-state index contributed by atoms with van der Waals surface area (Å²) in [7, 11) is 0. The van der Waals surface area contributed by atoms with Gasteiger partial charge in [-0.1, -0.05) is 31.0 Å². The van der Waals surface area contributed by atoms with E-state index in [1.54, 1.807) is 0 Å². The number of rotatable bonds is 2. The molecule has 128 valence electrons. The summed E-state index contributed by atoms with van der Waals surface area (Å²) >= 11 is 0. The molecule has 2 unspecified atom stereocenters. The molecule has 0 radical (unpaired) electrons. The van der Waals surface area contributed by atoms with Gasteiger partial charge in [-0.05, 0) is 44.2 Å². The summed E-state index contributed by atoms with van der Waals surface area (Å²) in [6, 6.07) is 8.80. The minimum absolute atomic E-state index is 0.142. The molecule has 2 aliphatic heterocycles. The number of benzene rings is 1. The monoisotopic (exact) mass is 326 g/mol. The molecule has 1 saturated carbocycles. The molecule has 0 bridgehead atoms. The maximum Gasteiger partial charge on any atom is 0.232 e. The highest BCUT2D eigenvalue weighted by atomic mass is 16.2. The number of hydrogen-bond acceptors (Lipinski definition) is 2. The predicted molar refractivity (Wildman–Crippen MR) is 93.8 cm³/mol. The zero-order chi connectivity index (χ0) is 16.7. The number of carbonyl (C=O) groups excluding carboxylic acids is 2. The van der Waals surface area contributed by atoms with Crippen LogP contribution in [0.1, 0.15) is 51.0 Å². The van der Waals surface area contributed by atoms with E-state index in [1.807, 2.05) is 21.9 Å². The Morgan fingerprint density at radius 1 is 1.12 bits per heavy atom. The van der Waals surface area contributed by atoms with E-state index in [4.69, 9.17) is 0 Å². The number of amides is 2. The van der Waals surface area contributed by atoms with Gasteiger partial charge in [0, 0.05) is 30.7 Å². The molecule has 1 aromatic rings. The highest BCUT2D eigenvalue weighted by Gasteiger charge is 2.42. The van der Waals surface area contributed by atoms with E-state index in [9.17, 15) is 9.59 Å². The summed E-state index contributed by atoms with van der Waals surface area (Å²) in [5.41, 5.74) is 2.30. The van der Waals surface area contributed by atoms with Gasteiger partial charge in [0.1, 0.15) is 0 Å². The Balaban J connectivity index is 1.55. The Morgan fingerprint density at radius 2 is 1.88 bits per heavy atom. The third kappa shape index (κ3) is 2.62. The number of fused-ring (bicyclic) bond motifs is 1. The van der Waals surface area contributed by atoms with Gasteiger partial charge in [-0.25, -0.2) is 0 Å². The molecule has 4 rings (SSSR count). The van der Waals surface area contributed by atoms with E-state index < -0.39 is 0 Å². The molecule has 1 aromatic carbocycles. The molecule has 0 aromatic heterocycles. The highest BCUT2D eigenvalue weighted by Crippen LogP contribution is 2.35. The van der Waals surface area contributed by atoms with Crippen LogP contribution in [0.25, 0.3) is 0 Å². The van der Waals surface area contributed by atoms with Crippen LogP contribution < -0.4 is 4.90 Å². The van der Waals surface area contributed by atoms with Crippen LogP contribution in [0.15, 0.2) is 24.3 Å². The Bertz CT molecular complexity index is 651. The molecule has 3 aliphatic rings. The van der Waals surface area contributed by atoms with Gasteiger partial charge in [-0.2, -0.15) is 0 Å². The van der Waals surface area contributed by atoms with Gasteiger partial charge in [0.05, 0.1) is 5.92 Å². The lowest BCUT2D eigenvalue weighted by molar-refractivity contribution is -0.130. The first kappa shape index (κ1) is 15.7. The minimum Gasteiger partial charge on any atom is -0.339 e. The van der Waals surface area contributed by atoms with Crippen molar-refractivity contribution in [3.8, 4) is 0 Å². The molecule has 4 nitrogen and oxygen atoms in total. The standard InChI is InChI=1S/C20H26N2O2/c1-14-10-11-15-6-2-5-9-18(15)22(14)20(24)16-12-19(23)21(13-16)17-7-3-4-8-17/h2,5-6,9,14,16-17H,3-4,7-8,10-13H2,1H3. The van der Waals surface area contributed by atoms with Crippen molar-refractivity contribution in [2.45, 2.75) is 64.0 Å². The first-order valence-electron chi connectivity index (χ1n) is 9.35. The topological polar surface area (TPSA) is 40.6 Å². The van der Waals surface area contributed by atoms with Gasteiger partial charge in [-0.3, -0.25) is 9.59 Å². The summed E-state index contributed by atoms with van der Waals surface area (Å²) in [5, 5.41) is 0. The smallest absolute Gasteiger partial charge is 0.232 e. The van der Waals surface area contributed by atoms with Gasteiger partial charge in [-0.15, -0.1) is 0 Å². The third-order valence-corrected chi connectivity index (χ3v) is 6.03. The number of aryl methyl sites for hydroxylation is 1. The van der Waals surface area contributed by atoms with Crippen LogP contribution in [0.5, 0.6) is 0 Å². The summed E-state index contributed by atoms with van der Waals surface area (Å²) < 4.78 is 0. The maximum atomic E-state index is 13.2. The van der Waals surface area contributed by atoms with Gasteiger partial charge < -0.3 is 9.80 Å². The second kappa shape index (κ2) is 6.23. The highest BCUT2D eigenvalue weighted by molar-refractivity contribution is 6.00. The second-order valence-corrected chi connectivity index (χ2v) is 7.61. The molecule has 1 saturated heterocycles. The summed E-state index contributed by atoms with van der Waals surface area (Å²) in [6.07, 6.45) is 7.05. The van der Waals surface area contributed by atoms with Crippen molar-refractivity contribution in [1.82, 2.24) is 4.90 Å². The molecule has 2 amide bonds. The first-order chi connectivity index (χ1) is 11.6. The van der Waals surface area contributed by atoms with E-state index >= 15 is 0 Å². The fourth-order valence-electron chi connectivity index (χ4n) is 4.69. The maximum absolute atomic E-state index is 13.2. The zero-order valence-corrected chi connectivity index (χ0v) is 14.4. The van der Waals surface area contributed by atoms with E-state index in [0.29, 0.717) is 19.0 Å². The van der Waals surface area contributed by atoms with E-state index in [0.717, 1.165) is 31.4 Å². The lowest BCUT2D eigenvalue weighted by Gasteiger charge is -2.37. The van der Waals surface area contributed by atoms with Crippen LogP contribution in [-0.2, 0) is 16.0 Å². The number of carbonyl (C=O) groups is 2. The van der Waals surface area contributed by atoms with E-state index in [-0.39, 0.29) is 23.8 Å². The van der Waals surface area contributed by atoms with Crippen LogP contribution in [-0.4, -0.2) is 35.3 Å². The van der Waals surface area contributed by atoms with Crippen LogP contribution >= 0.6 is 0 Å². The Kier molecular flexibility index (Phi) is 4.07. The second-order valence-electron chi connectivity index (χ2n) is 7.61. The molecule has 0 spiro atoms. The molecule has 2 heterocycles. The summed E-state index contributed by atoms with van der Waals surface area (Å²) in [5.74, 6) is 0.147. The molecule has 2 atom stereocenters. The van der Waals surface area contributed by atoms with Crippen molar-refractivity contribution in [1.29, 1.82) is 0 Å². The van der Waals surface area contributed by atoms with Gasteiger partial charge in [0.2, 0.25) is 11.8 Å². The minimum atomic E-state index is -0.174. The fourth-order valence-corrected chi connectivity index (χ4v) is 4.69. The normalized spacial score (nSPS) is 27.6. The van der Waals surface area contributed by atoms with Crippen molar-refractivity contribution in [2.24, 2.45) is 5.92 Å². The van der Waals surface area contributed by atoms with E-state index in [2.05, 4.69) is 19.1 Å². The van der Waals surface area contributed by atoms with Crippen molar-refractivity contribution in [2.75, 3.05) is 11.4 Å². The number of likely N-dealkylation sites (tertiary alicyclic amines) is 1. The molecule has 4 heteroatoms. The van der Waals surface area contributed by atoms with E-state index in [1.165, 1.54) is 18.4 Å². The van der Waals surface area contributed by atoms with Crippen molar-refractivity contribution in [3.63, 3.8) is 0 Å². The van der Waals surface area contributed by atoms with Crippen LogP contribution in [0.4, 0.5) is 5.69 Å². The molecule has 24 heavy (non-hydrogen) atoms. The lowest BCUT2D eigenvalue weighted by Crippen LogP contribution is -2.46. The lowest BCUT2D eigenvalue weighted by atomic mass is 9.94. The molecule has 1 aliphatic carbocycles. The third-order valence-electron chi connectivity index (χ3n) is 6.03. The largest absolute Gasteiger partial charge is 0.339 e. The average Bonchev–Trinajstić information content (AvgIpc) is 3.23. The number of hydrogen-bond donors (Lipinski definition) is 0. The van der Waals surface area contributed by atoms with Crippen molar-refractivity contribution < 1.29 is 9.59 Å². The molecule has 0 N–H and O–H groups in total. The van der Waals surface area contributed by atoms with Crippen LogP contribution in [0, 0.1) is 5.92 Å². The Hall–Kier alpha value is -1.84. The molecular weight excluding hydrogens is 300 g/mol. The first-order valence-corrected chi connectivity index (χ1v) is 9.35. The Morgan fingerprint density at radius 3 is 2.67 bits per heavy atom. The summed E-state index contributed by atoms with van der Waals surface area (Å²) in [6.45, 7) is 2.74. The predicted octanol–water partition coefficient (Wildman–Crippen LogP) is 3.15. The summed E-state index contributed by atoms with van der Waals surface area (Å²) in [4.78, 5) is 29.6. The van der Waals surface area contributed by atoms with Crippen LogP contribution in [0.3, 0.4) is 0 Å². The number of para-hydroxylation sites is 1. The fraction of sp³-hybridized carbons (Fsp3) is 0.600. The van der Waals surface area contributed by atoms with Gasteiger partial charge >= 0.3 is 0 Å². The average molecular weight is 326 g/mol. The molecular formula is C20H26N2O2. The number of nitrogens with zero attached hydrogens (tertiary/aromatic N) is 2. The van der Waals surface area contributed by atoms with Crippen LogP contribution in [0.2, 0.25) is 0 Å². The van der Waals surface area contributed by atoms with Crippen molar-refractivity contribution in [3.05, 3.63) is 29.8 Å². The quantitative estimate of drug-likeness (QED) is 0.838. The number of anilines is 1. The Labute approximate surface area is 143 Å². The molecule has 2 fully saturated rings. The van der Waals surface area contributed by atoms with Gasteiger partial charge in [0.25, 0.3) is 0 Å². The van der Waals surface area contributed by atoms with Crippen molar-refractivity contribution >= 4 is 17.5 Å².